The number of rotatable bonds is 25. The number of nitrogens with zero attached hydrogens (tertiary/aromatic N) is 10. The molecule has 6 aliphatic heterocycles. The zero-order valence-electron chi connectivity index (χ0n) is 78.8. The van der Waals surface area contributed by atoms with Crippen LogP contribution in [0.1, 0.15) is 243 Å². The van der Waals surface area contributed by atoms with E-state index in [0.717, 1.165) is 185 Å². The lowest BCUT2D eigenvalue weighted by Crippen LogP contribution is -2.52. The number of hydrogen-bond donors (Lipinski definition) is 6. The van der Waals surface area contributed by atoms with Crippen LogP contribution in [0, 0.1) is 11.8 Å². The molecule has 24 heteroatoms. The molecule has 4 saturated heterocycles. The predicted molar refractivity (Wildman–Crippen MR) is 524 cm³/mol. The van der Waals surface area contributed by atoms with Crippen LogP contribution in [-0.4, -0.2) is 171 Å². The van der Waals surface area contributed by atoms with E-state index in [-0.39, 0.29) is 66.0 Å². The van der Waals surface area contributed by atoms with Gasteiger partial charge < -0.3 is 59.3 Å². The average Bonchev–Trinajstić information content (AvgIpc) is 1.65. The quantitative estimate of drug-likeness (QED) is 0.0290. The number of imidazole rings is 4. The second-order valence-electron chi connectivity index (χ2n) is 39.1. The van der Waals surface area contributed by atoms with Gasteiger partial charge in [-0.15, -0.1) is 0 Å². The van der Waals surface area contributed by atoms with E-state index in [1.807, 2.05) is 116 Å². The maximum atomic E-state index is 13.6. The highest BCUT2D eigenvalue weighted by molar-refractivity contribution is 6.05. The van der Waals surface area contributed by atoms with Crippen molar-refractivity contribution >= 4 is 46.6 Å². The number of amides is 4. The summed E-state index contributed by atoms with van der Waals surface area (Å²) in [4.78, 5) is 103. The molecule has 6 aromatic carbocycles. The number of carbonyl (C=O) groups excluding carboxylic acids is 4. The average molecular weight is 1780 g/mol. The molecule has 10 heterocycles. The molecule has 18 rings (SSSR count). The Morgan fingerprint density at radius 2 is 0.614 bits per heavy atom. The third-order valence-electron chi connectivity index (χ3n) is 26.9. The van der Waals surface area contributed by atoms with Gasteiger partial charge in [0.2, 0.25) is 11.8 Å². The van der Waals surface area contributed by atoms with Gasteiger partial charge in [0.1, 0.15) is 46.6 Å². The highest BCUT2D eigenvalue weighted by Gasteiger charge is 2.42. The van der Waals surface area contributed by atoms with Gasteiger partial charge in [0.05, 0.1) is 86.0 Å². The number of likely N-dealkylation sites (tertiary alicyclic amines) is 4. The van der Waals surface area contributed by atoms with E-state index >= 15 is 0 Å². The zero-order valence-corrected chi connectivity index (χ0v) is 78.8. The fourth-order valence-electron chi connectivity index (χ4n) is 19.6. The molecule has 24 nitrogen and oxygen atoms in total. The summed E-state index contributed by atoms with van der Waals surface area (Å²) in [5.41, 5.74) is 21.1. The summed E-state index contributed by atoms with van der Waals surface area (Å²) >= 11 is 0. The summed E-state index contributed by atoms with van der Waals surface area (Å²) in [6.07, 6.45) is 30.1. The number of allylic oxidation sites excluding steroid dienone is 2. The molecule has 132 heavy (non-hydrogen) atoms. The van der Waals surface area contributed by atoms with Crippen LogP contribution in [-0.2, 0) is 28.5 Å². The monoisotopic (exact) mass is 1780 g/mol. The number of methoxy groups -OCH3 is 2. The van der Waals surface area contributed by atoms with Gasteiger partial charge in [-0.1, -0.05) is 199 Å². The molecule has 0 unspecified atom stereocenters. The fourth-order valence-corrected chi connectivity index (χ4v) is 19.6. The van der Waals surface area contributed by atoms with Crippen LogP contribution in [0.2, 0.25) is 0 Å². The molecule has 8 aliphatic rings. The molecular formula is C108H130N16O8. The zero-order chi connectivity index (χ0) is 92.5. The van der Waals surface area contributed by atoms with Gasteiger partial charge in [-0.2, -0.15) is 0 Å². The maximum Gasteiger partial charge on any atom is 0.410 e. The van der Waals surface area contributed by atoms with Crippen molar-refractivity contribution < 1.29 is 38.1 Å². The number of hydrogen-bond acceptors (Lipinski definition) is 16. The molecule has 6 fully saturated rings. The molecule has 0 spiro atoms. The third-order valence-corrected chi connectivity index (χ3v) is 26.9. The van der Waals surface area contributed by atoms with Gasteiger partial charge in [-0.25, -0.2) is 29.5 Å². The van der Waals surface area contributed by atoms with Crippen molar-refractivity contribution in [1.82, 2.24) is 70.1 Å². The third kappa shape index (κ3) is 21.8. The minimum Gasteiger partial charge on any atom is -0.483 e. The molecule has 6 atom stereocenters. The van der Waals surface area contributed by atoms with Crippen LogP contribution in [0.15, 0.2) is 218 Å². The van der Waals surface area contributed by atoms with Crippen molar-refractivity contribution in [2.24, 2.45) is 21.8 Å². The fraction of sp³-hybridized carbons (Fsp3) is 0.426. The second kappa shape index (κ2) is 40.9. The number of benzene rings is 6. The number of nitrogens with one attached hydrogen (secondary N) is 6. The highest BCUT2D eigenvalue weighted by atomic mass is 16.6. The van der Waals surface area contributed by atoms with Gasteiger partial charge in [-0.3, -0.25) is 29.4 Å². The molecule has 4 amide bonds. The standard InChI is InChI=1S/C40H50N6O4.C36H43N5O2.C32H37N5O2/c1-25(2)36(43-26(3)49-7)38(47)45-20-8-10-34(45)32-22-31(23-41-32)29-14-12-27(13-15-29)28-16-18-30(19-17-28)33-24-42-37(44-33)35-11-9-21-46(35)39(48)50-40(4,5)6;1-23(2)34(39-24(3)43-4)36(42)41-19-7-10-33(41)31-20-30(21-37-31)27-13-11-25(12-14-27)26-15-17-28(18-16-26)32-22-38-35(40-32)29-8-5-6-9-29;1-32(2,3)39-31(38)37-18-6-9-28(37)30-34-20-27(36-30)24-16-12-22(13-17-24)21-10-14-23(15-11-21)26-19-33-29(35-26)25-7-4-5-8-25/h12-19,23-25,34-36,43H,3,8-11,20-22H2,1-2,4-7H3,(H,42,44);11-18,21-23,29,33-34,39H,3,5-10,19-20H2,1-2,4H3,(H,38,40);10-17,19-20,25,28H,4-9,18H2,1-3H3,(H,33,35)(H,34,36)/t34-,35-,36-;33-,34-;28-/m000/s1. The van der Waals surface area contributed by atoms with E-state index in [0.29, 0.717) is 36.7 Å². The lowest BCUT2D eigenvalue weighted by molar-refractivity contribution is -0.135. The van der Waals surface area contributed by atoms with E-state index in [1.54, 1.807) is 24.0 Å². The Labute approximate surface area is 777 Å². The molecule has 2 aliphatic carbocycles. The molecule has 2 saturated carbocycles. The second-order valence-corrected chi connectivity index (χ2v) is 39.1. The van der Waals surface area contributed by atoms with Crippen molar-refractivity contribution in [3.8, 4) is 78.4 Å². The van der Waals surface area contributed by atoms with Crippen LogP contribution < -0.4 is 10.6 Å². The molecular weight excluding hydrogens is 1650 g/mol. The summed E-state index contributed by atoms with van der Waals surface area (Å²) < 4.78 is 21.7. The van der Waals surface area contributed by atoms with Crippen LogP contribution in [0.4, 0.5) is 9.59 Å². The van der Waals surface area contributed by atoms with Gasteiger partial charge in [0, 0.05) is 74.7 Å². The SMILES string of the molecule is C=C(N[C@H](C(=O)N1CCC[C@H]1C1=NC=C(c2ccc(-c3ccc(-c4cnc(C5CCCC5)[nH]4)cc3)cc2)C1)C(C)C)OC.C=C(N[C@H](C(=O)N1CCC[C@H]1C1=NC=C(c2ccc(-c3ccc(-c4cnc([C@@H]5CCCN5C(=O)OC(C)(C)C)[nH]4)cc3)cc2)C1)C(C)C)OC.CC(C)(C)OC(=O)N1CCC[C@H]1c1ncc(-c2ccc(-c3ccc(-c4cnc(C5CCCC5)[nH]4)cc3)cc2)[nH]1. The maximum absolute atomic E-state index is 13.6. The van der Waals surface area contributed by atoms with E-state index in [2.05, 4.69) is 209 Å². The summed E-state index contributed by atoms with van der Waals surface area (Å²) in [5, 5.41) is 6.32. The Hall–Kier alpha value is -12.9. The smallest absolute Gasteiger partial charge is 0.410 e. The largest absolute Gasteiger partial charge is 0.483 e. The number of H-pyrrole nitrogens is 4. The van der Waals surface area contributed by atoms with Crippen molar-refractivity contribution in [2.45, 2.75) is 244 Å². The van der Waals surface area contributed by atoms with E-state index in [9.17, 15) is 19.2 Å². The van der Waals surface area contributed by atoms with Crippen molar-refractivity contribution in [3.05, 3.63) is 242 Å². The van der Waals surface area contributed by atoms with Crippen molar-refractivity contribution in [1.29, 1.82) is 0 Å². The predicted octanol–water partition coefficient (Wildman–Crippen LogP) is 22.9. The topological polar surface area (TPSA) is 282 Å². The number of aromatic amines is 4. The van der Waals surface area contributed by atoms with Crippen LogP contribution >= 0.6 is 0 Å². The minimum atomic E-state index is -0.538. The molecule has 10 aromatic rings. The van der Waals surface area contributed by atoms with E-state index < -0.39 is 17.2 Å². The lowest BCUT2D eigenvalue weighted by Gasteiger charge is -2.31. The van der Waals surface area contributed by atoms with Gasteiger partial charge in [0.25, 0.3) is 0 Å². The highest BCUT2D eigenvalue weighted by Crippen LogP contribution is 2.42. The van der Waals surface area contributed by atoms with E-state index in [1.165, 1.54) is 79.2 Å². The van der Waals surface area contributed by atoms with Crippen molar-refractivity contribution in [2.75, 3.05) is 40.4 Å². The lowest BCUT2D eigenvalue weighted by atomic mass is 9.95. The van der Waals surface area contributed by atoms with Crippen LogP contribution in [0.5, 0.6) is 0 Å². The van der Waals surface area contributed by atoms with Crippen LogP contribution in [0.25, 0.3) is 89.6 Å². The molecule has 6 N–H and O–H groups in total. The first-order valence-corrected chi connectivity index (χ1v) is 47.6. The Balaban J connectivity index is 0.000000146. The van der Waals surface area contributed by atoms with Gasteiger partial charge >= 0.3 is 12.2 Å². The summed E-state index contributed by atoms with van der Waals surface area (Å²) in [6.45, 7) is 30.0. The normalized spacial score (nSPS) is 19.2. The van der Waals surface area contributed by atoms with Gasteiger partial charge in [-0.05, 0) is 221 Å². The van der Waals surface area contributed by atoms with Crippen LogP contribution in [0.3, 0.4) is 0 Å². The number of aliphatic imine (C=N–C) groups is 2. The Kier molecular flexibility index (Phi) is 28.6. The Morgan fingerprint density at radius 3 is 0.894 bits per heavy atom. The first kappa shape index (κ1) is 92.4. The first-order chi connectivity index (χ1) is 63.7. The summed E-state index contributed by atoms with van der Waals surface area (Å²) in [6, 6.07) is 50.7. The summed E-state index contributed by atoms with van der Waals surface area (Å²) in [7, 11) is 3.12. The Bertz CT molecular complexity index is 5830. The molecule has 0 radical (unpaired) electrons. The Morgan fingerprint density at radius 1 is 0.356 bits per heavy atom. The minimum absolute atomic E-state index is 0.000857. The van der Waals surface area contributed by atoms with E-state index in [4.69, 9.17) is 28.9 Å². The number of ether oxygens (including phenoxy) is 4. The van der Waals surface area contributed by atoms with Crippen molar-refractivity contribution in [3.63, 3.8) is 0 Å². The molecule has 4 aromatic heterocycles. The first-order valence-electron chi connectivity index (χ1n) is 47.6. The number of carbonyl (C=O) groups is 4. The molecule has 690 valence electrons. The summed E-state index contributed by atoms with van der Waals surface area (Å²) in [5.74, 6) is 6.20. The number of aromatic nitrogens is 8. The van der Waals surface area contributed by atoms with Gasteiger partial charge in [0.15, 0.2) is 11.8 Å². The molecule has 0 bridgehead atoms.